The van der Waals surface area contributed by atoms with Crippen LogP contribution in [-0.2, 0) is 11.3 Å². The highest BCUT2D eigenvalue weighted by Crippen LogP contribution is 2.11. The Bertz CT molecular complexity index is 645. The number of hydrogen-bond acceptors (Lipinski definition) is 3. The van der Waals surface area contributed by atoms with E-state index >= 15 is 0 Å². The van der Waals surface area contributed by atoms with Crippen LogP contribution >= 0.6 is 11.6 Å². The van der Waals surface area contributed by atoms with Gasteiger partial charge in [-0.25, -0.2) is 4.79 Å². The van der Waals surface area contributed by atoms with Crippen LogP contribution in [0.25, 0.3) is 11.1 Å². The molecule has 2 aromatic rings. The second-order valence-corrected chi connectivity index (χ2v) is 5.02. The molecule has 1 aromatic carbocycles. The maximum atomic E-state index is 11.7. The van der Waals surface area contributed by atoms with Crippen molar-refractivity contribution >= 4 is 28.6 Å². The third-order valence-corrected chi connectivity index (χ3v) is 3.14. The minimum absolute atomic E-state index is 0.164. The molecule has 0 saturated carbocycles. The van der Waals surface area contributed by atoms with Crippen LogP contribution in [0.4, 0.5) is 0 Å². The van der Waals surface area contributed by atoms with Gasteiger partial charge in [0.2, 0.25) is 5.91 Å². The van der Waals surface area contributed by atoms with Gasteiger partial charge in [0, 0.05) is 20.1 Å². The molecule has 6 heteroatoms. The number of alkyl halides is 1. The molecule has 0 fully saturated rings. The van der Waals surface area contributed by atoms with E-state index in [1.54, 1.807) is 26.1 Å². The van der Waals surface area contributed by atoms with E-state index in [9.17, 15) is 9.59 Å². The second kappa shape index (κ2) is 5.48. The number of halogens is 1. The highest BCUT2D eigenvalue weighted by Gasteiger charge is 2.15. The van der Waals surface area contributed by atoms with Gasteiger partial charge in [0.15, 0.2) is 5.58 Å². The summed E-state index contributed by atoms with van der Waals surface area (Å²) in [6.45, 7) is 2.40. The lowest BCUT2D eigenvalue weighted by Gasteiger charge is -2.18. The number of carbonyl (C=O) groups excluding carboxylic acids is 1. The maximum absolute atomic E-state index is 11.7. The number of para-hydroxylation sites is 2. The van der Waals surface area contributed by atoms with Gasteiger partial charge in [0.05, 0.1) is 5.52 Å². The Morgan fingerprint density at radius 1 is 1.47 bits per heavy atom. The first-order chi connectivity index (χ1) is 9.00. The monoisotopic (exact) mass is 282 g/mol. The van der Waals surface area contributed by atoms with E-state index < -0.39 is 11.1 Å². The normalized spacial score (nSPS) is 12.6. The minimum Gasteiger partial charge on any atom is -0.408 e. The Hall–Kier alpha value is -1.75. The van der Waals surface area contributed by atoms with Crippen molar-refractivity contribution in [1.82, 2.24) is 9.47 Å². The SMILES string of the molecule is CC(Cl)C(=O)N(C)CCn1c(=O)oc2ccccc21. The molecule has 0 bridgehead atoms. The van der Waals surface area contributed by atoms with Crippen LogP contribution in [0.3, 0.4) is 0 Å². The van der Waals surface area contributed by atoms with Crippen LogP contribution in [-0.4, -0.2) is 34.3 Å². The Morgan fingerprint density at radius 3 is 2.84 bits per heavy atom. The standard InChI is InChI=1S/C13H15ClN2O3/c1-9(14)12(17)15(2)7-8-16-10-5-3-4-6-11(10)19-13(16)18/h3-6,9H,7-8H2,1-2H3. The Morgan fingerprint density at radius 2 is 2.16 bits per heavy atom. The largest absolute Gasteiger partial charge is 0.420 e. The number of aromatic nitrogens is 1. The van der Waals surface area contributed by atoms with E-state index in [-0.39, 0.29) is 5.91 Å². The third kappa shape index (κ3) is 2.81. The summed E-state index contributed by atoms with van der Waals surface area (Å²) in [5.41, 5.74) is 1.28. The number of nitrogens with zero attached hydrogens (tertiary/aromatic N) is 2. The number of fused-ring (bicyclic) bond motifs is 1. The van der Waals surface area contributed by atoms with Crippen molar-refractivity contribution in [2.45, 2.75) is 18.8 Å². The number of rotatable bonds is 4. The fourth-order valence-electron chi connectivity index (χ4n) is 1.89. The first-order valence-corrected chi connectivity index (χ1v) is 6.42. The Balaban J connectivity index is 2.16. The van der Waals surface area contributed by atoms with Gasteiger partial charge in [-0.15, -0.1) is 11.6 Å². The van der Waals surface area contributed by atoms with E-state index in [1.165, 1.54) is 9.47 Å². The molecule has 0 radical (unpaired) electrons. The first kappa shape index (κ1) is 13.7. The molecule has 0 N–H and O–H groups in total. The van der Waals surface area contributed by atoms with Crippen molar-refractivity contribution in [1.29, 1.82) is 0 Å². The molecule has 1 unspecified atom stereocenters. The summed E-state index contributed by atoms with van der Waals surface area (Å²) in [5, 5.41) is -0.567. The fourth-order valence-corrected chi connectivity index (χ4v) is 2.06. The molecule has 0 saturated heterocycles. The van der Waals surface area contributed by atoms with Crippen LogP contribution in [0.15, 0.2) is 33.5 Å². The van der Waals surface area contributed by atoms with E-state index in [1.807, 2.05) is 12.1 Å². The van der Waals surface area contributed by atoms with Crippen molar-refractivity contribution < 1.29 is 9.21 Å². The van der Waals surface area contributed by atoms with Gasteiger partial charge in [-0.1, -0.05) is 12.1 Å². The predicted octanol–water partition coefficient (Wildman–Crippen LogP) is 1.68. The fraction of sp³-hybridized carbons (Fsp3) is 0.385. The summed E-state index contributed by atoms with van der Waals surface area (Å²) in [7, 11) is 1.66. The average molecular weight is 283 g/mol. The summed E-state index contributed by atoms with van der Waals surface area (Å²) in [5.74, 6) is -0.580. The molecule has 1 atom stereocenters. The second-order valence-electron chi connectivity index (χ2n) is 4.36. The molecule has 5 nitrogen and oxygen atoms in total. The van der Waals surface area contributed by atoms with Crippen molar-refractivity contribution in [3.8, 4) is 0 Å². The Kier molecular flexibility index (Phi) is 3.95. The molecular formula is C13H15ClN2O3. The smallest absolute Gasteiger partial charge is 0.408 e. The molecule has 19 heavy (non-hydrogen) atoms. The van der Waals surface area contributed by atoms with Crippen molar-refractivity contribution in [2.24, 2.45) is 0 Å². The first-order valence-electron chi connectivity index (χ1n) is 5.98. The van der Waals surface area contributed by atoms with Gasteiger partial charge in [-0.2, -0.15) is 0 Å². The molecule has 1 amide bonds. The van der Waals surface area contributed by atoms with Crippen LogP contribution in [0.2, 0.25) is 0 Å². The number of likely N-dealkylation sites (N-methyl/N-ethyl adjacent to an activating group) is 1. The summed E-state index contributed by atoms with van der Waals surface area (Å²) >= 11 is 5.73. The lowest BCUT2D eigenvalue weighted by molar-refractivity contribution is -0.129. The average Bonchev–Trinajstić information content (AvgIpc) is 2.70. The number of benzene rings is 1. The predicted molar refractivity (Wildman–Crippen MR) is 73.4 cm³/mol. The van der Waals surface area contributed by atoms with E-state index in [2.05, 4.69) is 0 Å². The summed E-state index contributed by atoms with van der Waals surface area (Å²) < 4.78 is 6.63. The lowest BCUT2D eigenvalue weighted by atomic mass is 10.3. The van der Waals surface area contributed by atoms with Crippen molar-refractivity contribution in [3.63, 3.8) is 0 Å². The van der Waals surface area contributed by atoms with Gasteiger partial charge in [0.1, 0.15) is 5.38 Å². The van der Waals surface area contributed by atoms with Crippen molar-refractivity contribution in [3.05, 3.63) is 34.8 Å². The number of oxazole rings is 1. The lowest BCUT2D eigenvalue weighted by Crippen LogP contribution is -2.35. The van der Waals surface area contributed by atoms with Crippen LogP contribution in [0, 0.1) is 0 Å². The van der Waals surface area contributed by atoms with Crippen LogP contribution < -0.4 is 5.76 Å². The molecule has 1 aromatic heterocycles. The summed E-state index contributed by atoms with van der Waals surface area (Å²) in [6.07, 6.45) is 0. The van der Waals surface area contributed by atoms with Gasteiger partial charge >= 0.3 is 5.76 Å². The van der Waals surface area contributed by atoms with Crippen LogP contribution in [0.1, 0.15) is 6.92 Å². The van der Waals surface area contributed by atoms with Gasteiger partial charge < -0.3 is 9.32 Å². The van der Waals surface area contributed by atoms with E-state index in [4.69, 9.17) is 16.0 Å². The zero-order valence-corrected chi connectivity index (χ0v) is 11.6. The Labute approximate surface area is 115 Å². The van der Waals surface area contributed by atoms with Gasteiger partial charge in [-0.3, -0.25) is 9.36 Å². The van der Waals surface area contributed by atoms with Crippen LogP contribution in [0.5, 0.6) is 0 Å². The third-order valence-electron chi connectivity index (χ3n) is 2.95. The molecule has 2 rings (SSSR count). The number of carbonyl (C=O) groups is 1. The molecular weight excluding hydrogens is 268 g/mol. The highest BCUT2D eigenvalue weighted by molar-refractivity contribution is 6.30. The molecule has 0 aliphatic carbocycles. The molecule has 102 valence electrons. The van der Waals surface area contributed by atoms with Gasteiger partial charge in [-0.05, 0) is 19.1 Å². The van der Waals surface area contributed by atoms with Gasteiger partial charge in [0.25, 0.3) is 0 Å². The molecule has 0 spiro atoms. The molecule has 0 aliphatic rings. The number of amides is 1. The molecule has 0 aliphatic heterocycles. The quantitative estimate of drug-likeness (QED) is 0.802. The molecule has 1 heterocycles. The minimum atomic E-state index is -0.567. The maximum Gasteiger partial charge on any atom is 0.420 e. The highest BCUT2D eigenvalue weighted by atomic mass is 35.5. The summed E-state index contributed by atoms with van der Waals surface area (Å²) in [6, 6.07) is 7.19. The van der Waals surface area contributed by atoms with E-state index in [0.717, 1.165) is 5.52 Å². The summed E-state index contributed by atoms with van der Waals surface area (Å²) in [4.78, 5) is 24.9. The topological polar surface area (TPSA) is 55.5 Å². The van der Waals surface area contributed by atoms with E-state index in [0.29, 0.717) is 18.7 Å². The van der Waals surface area contributed by atoms with Crippen molar-refractivity contribution in [2.75, 3.05) is 13.6 Å². The zero-order chi connectivity index (χ0) is 14.0. The number of hydrogen-bond donors (Lipinski definition) is 0. The zero-order valence-electron chi connectivity index (χ0n) is 10.8.